The highest BCUT2D eigenvalue weighted by atomic mass is 79.9. The summed E-state index contributed by atoms with van der Waals surface area (Å²) in [6, 6.07) is 2.56. The second kappa shape index (κ2) is 7.82. The van der Waals surface area contributed by atoms with Gasteiger partial charge in [-0.25, -0.2) is 0 Å². The summed E-state index contributed by atoms with van der Waals surface area (Å²) in [7, 11) is 1.80. The van der Waals surface area contributed by atoms with Gasteiger partial charge in [0.1, 0.15) is 0 Å². The first kappa shape index (κ1) is 16.4. The summed E-state index contributed by atoms with van der Waals surface area (Å²) in [4.78, 5) is 3.87. The molecule has 1 aliphatic rings. The molecule has 18 heavy (non-hydrogen) atoms. The van der Waals surface area contributed by atoms with Gasteiger partial charge in [-0.05, 0) is 40.2 Å². The van der Waals surface area contributed by atoms with E-state index in [0.717, 1.165) is 25.9 Å². The molecule has 1 aliphatic heterocycles. The predicted octanol–water partition coefficient (Wildman–Crippen LogP) is 2.87. The van der Waals surface area contributed by atoms with Crippen LogP contribution in [0.15, 0.2) is 15.9 Å². The van der Waals surface area contributed by atoms with E-state index in [0.29, 0.717) is 18.7 Å². The molecule has 0 aliphatic carbocycles. The van der Waals surface area contributed by atoms with Crippen LogP contribution in [0.3, 0.4) is 0 Å². The molecule has 2 rings (SSSR count). The highest BCUT2D eigenvalue weighted by Gasteiger charge is 2.27. The fourth-order valence-electron chi connectivity index (χ4n) is 2.35. The molecule has 3 nitrogen and oxygen atoms in total. The van der Waals surface area contributed by atoms with Gasteiger partial charge in [0.05, 0.1) is 6.10 Å². The first-order chi connectivity index (χ1) is 8.24. The molecule has 0 aromatic carbocycles. The van der Waals surface area contributed by atoms with Crippen LogP contribution in [0.1, 0.15) is 17.7 Å². The Hall–Kier alpha value is 0.350. The van der Waals surface area contributed by atoms with Gasteiger partial charge < -0.3 is 10.5 Å². The zero-order chi connectivity index (χ0) is 12.3. The average Bonchev–Trinajstić information content (AvgIpc) is 2.75. The molecule has 0 radical (unpaired) electrons. The zero-order valence-corrected chi connectivity index (χ0v) is 13.7. The highest BCUT2D eigenvalue weighted by Crippen LogP contribution is 2.27. The van der Waals surface area contributed by atoms with Crippen molar-refractivity contribution < 1.29 is 4.74 Å². The summed E-state index contributed by atoms with van der Waals surface area (Å²) in [5.41, 5.74) is 5.87. The molecule has 0 spiro atoms. The van der Waals surface area contributed by atoms with Crippen LogP contribution in [0.4, 0.5) is 0 Å². The number of hydrogen-bond donors (Lipinski definition) is 1. The molecule has 0 amide bonds. The Morgan fingerprint density at radius 2 is 2.39 bits per heavy atom. The average molecular weight is 356 g/mol. The molecule has 0 saturated carbocycles. The zero-order valence-electron chi connectivity index (χ0n) is 10.5. The van der Waals surface area contributed by atoms with Crippen molar-refractivity contribution in [1.29, 1.82) is 0 Å². The fourth-order valence-corrected chi connectivity index (χ4v) is 3.85. The molecule has 1 aromatic rings. The van der Waals surface area contributed by atoms with Crippen LogP contribution in [0, 0.1) is 0 Å². The molecule has 1 saturated heterocycles. The number of methoxy groups -OCH3 is 1. The molecule has 6 heteroatoms. The third kappa shape index (κ3) is 3.92. The molecule has 0 bridgehead atoms. The Morgan fingerprint density at radius 3 is 2.94 bits per heavy atom. The fraction of sp³-hybridized carbons (Fsp3) is 0.667. The minimum Gasteiger partial charge on any atom is -0.381 e. The van der Waals surface area contributed by atoms with Gasteiger partial charge in [0, 0.05) is 42.1 Å². The molecular weight excluding hydrogens is 336 g/mol. The Labute approximate surface area is 127 Å². The van der Waals surface area contributed by atoms with Crippen molar-refractivity contribution in [1.82, 2.24) is 4.90 Å². The van der Waals surface area contributed by atoms with E-state index >= 15 is 0 Å². The Morgan fingerprint density at radius 1 is 1.61 bits per heavy atom. The van der Waals surface area contributed by atoms with Crippen LogP contribution >= 0.6 is 39.7 Å². The molecule has 1 aromatic heterocycles. The van der Waals surface area contributed by atoms with E-state index in [9.17, 15) is 0 Å². The van der Waals surface area contributed by atoms with Crippen LogP contribution in [0.25, 0.3) is 0 Å². The SMILES string of the molecule is COC1CCN(Cc2sccc2Br)C(CN)C1.Cl. The van der Waals surface area contributed by atoms with E-state index < -0.39 is 0 Å². The minimum absolute atomic E-state index is 0. The number of likely N-dealkylation sites (tertiary alicyclic amines) is 1. The number of nitrogens with zero attached hydrogens (tertiary/aromatic N) is 1. The summed E-state index contributed by atoms with van der Waals surface area (Å²) >= 11 is 5.39. The number of rotatable bonds is 4. The first-order valence-electron chi connectivity index (χ1n) is 5.93. The number of halogens is 2. The maximum Gasteiger partial charge on any atom is 0.0599 e. The topological polar surface area (TPSA) is 38.5 Å². The smallest absolute Gasteiger partial charge is 0.0599 e. The third-order valence-corrected chi connectivity index (χ3v) is 5.34. The second-order valence-corrected chi connectivity index (χ2v) is 6.29. The Kier molecular flexibility index (Phi) is 7.13. The molecule has 1 fully saturated rings. The van der Waals surface area contributed by atoms with Crippen LogP contribution in [-0.2, 0) is 11.3 Å². The van der Waals surface area contributed by atoms with Crippen molar-refractivity contribution in [2.45, 2.75) is 31.5 Å². The molecule has 104 valence electrons. The van der Waals surface area contributed by atoms with Crippen molar-refractivity contribution in [2.24, 2.45) is 5.73 Å². The second-order valence-electron chi connectivity index (χ2n) is 4.43. The lowest BCUT2D eigenvalue weighted by Crippen LogP contribution is -2.47. The van der Waals surface area contributed by atoms with E-state index in [4.69, 9.17) is 10.5 Å². The normalized spacial score (nSPS) is 24.8. The van der Waals surface area contributed by atoms with Crippen molar-refractivity contribution in [3.63, 3.8) is 0 Å². The summed E-state index contributed by atoms with van der Waals surface area (Å²) < 4.78 is 6.66. The molecule has 2 N–H and O–H groups in total. The van der Waals surface area contributed by atoms with Crippen LogP contribution in [-0.4, -0.2) is 37.2 Å². The van der Waals surface area contributed by atoms with Crippen molar-refractivity contribution in [3.8, 4) is 0 Å². The number of ether oxygens (including phenoxy) is 1. The quantitative estimate of drug-likeness (QED) is 0.902. The number of nitrogens with two attached hydrogens (primary N) is 1. The largest absolute Gasteiger partial charge is 0.381 e. The first-order valence-corrected chi connectivity index (χ1v) is 7.60. The number of piperidine rings is 1. The van der Waals surface area contributed by atoms with Gasteiger partial charge in [-0.1, -0.05) is 0 Å². The van der Waals surface area contributed by atoms with E-state index in [1.165, 1.54) is 9.35 Å². The molecule has 2 unspecified atom stereocenters. The van der Waals surface area contributed by atoms with Crippen LogP contribution in [0.5, 0.6) is 0 Å². The Bertz CT molecular complexity index is 364. The monoisotopic (exact) mass is 354 g/mol. The van der Waals surface area contributed by atoms with Gasteiger partial charge in [-0.3, -0.25) is 4.90 Å². The molecule has 2 heterocycles. The number of hydrogen-bond acceptors (Lipinski definition) is 4. The van der Waals surface area contributed by atoms with Crippen molar-refractivity contribution in [2.75, 3.05) is 20.2 Å². The van der Waals surface area contributed by atoms with Gasteiger partial charge >= 0.3 is 0 Å². The lowest BCUT2D eigenvalue weighted by molar-refractivity contribution is 0.0105. The van der Waals surface area contributed by atoms with Crippen molar-refractivity contribution in [3.05, 3.63) is 20.8 Å². The summed E-state index contributed by atoms with van der Waals surface area (Å²) in [6.45, 7) is 2.78. The Balaban J connectivity index is 0.00000162. The summed E-state index contributed by atoms with van der Waals surface area (Å²) in [5, 5.41) is 2.12. The summed E-state index contributed by atoms with van der Waals surface area (Å²) in [6.07, 6.45) is 2.54. The maximum atomic E-state index is 5.87. The van der Waals surface area contributed by atoms with Gasteiger partial charge in [-0.15, -0.1) is 23.7 Å². The highest BCUT2D eigenvalue weighted by molar-refractivity contribution is 9.10. The summed E-state index contributed by atoms with van der Waals surface area (Å²) in [5.74, 6) is 0. The van der Waals surface area contributed by atoms with Crippen LogP contribution < -0.4 is 5.73 Å². The maximum absolute atomic E-state index is 5.87. The lowest BCUT2D eigenvalue weighted by Gasteiger charge is -2.38. The van der Waals surface area contributed by atoms with E-state index in [-0.39, 0.29) is 12.4 Å². The third-order valence-electron chi connectivity index (χ3n) is 3.43. The van der Waals surface area contributed by atoms with Crippen molar-refractivity contribution >= 4 is 39.7 Å². The number of thiophene rings is 1. The minimum atomic E-state index is 0. The lowest BCUT2D eigenvalue weighted by atomic mass is 9.99. The van der Waals surface area contributed by atoms with E-state index in [2.05, 4.69) is 32.3 Å². The van der Waals surface area contributed by atoms with Gasteiger partial charge in [0.2, 0.25) is 0 Å². The van der Waals surface area contributed by atoms with E-state index in [1.807, 2.05) is 0 Å². The standard InChI is InChI=1S/C12H19BrN2OS.ClH/c1-16-10-2-4-15(9(6-10)7-14)8-12-11(13)3-5-17-12;/h3,5,9-10H,2,4,6-8,14H2,1H3;1H. The van der Waals surface area contributed by atoms with Gasteiger partial charge in [0.15, 0.2) is 0 Å². The molecule has 2 atom stereocenters. The van der Waals surface area contributed by atoms with Gasteiger partial charge in [0.25, 0.3) is 0 Å². The predicted molar refractivity (Wildman–Crippen MR) is 82.6 cm³/mol. The van der Waals surface area contributed by atoms with Gasteiger partial charge in [-0.2, -0.15) is 0 Å². The molecular formula is C12H20BrClN2OS. The van der Waals surface area contributed by atoms with Crippen LogP contribution in [0.2, 0.25) is 0 Å². The van der Waals surface area contributed by atoms with E-state index in [1.54, 1.807) is 18.4 Å².